The second-order valence-corrected chi connectivity index (χ2v) is 8.30. The minimum absolute atomic E-state index is 0.0546. The van der Waals surface area contributed by atoms with Crippen molar-refractivity contribution < 1.29 is 37.0 Å². The van der Waals surface area contributed by atoms with Gasteiger partial charge in [-0.3, -0.25) is 14.5 Å². The lowest BCUT2D eigenvalue weighted by molar-refractivity contribution is -0.114. The van der Waals surface area contributed by atoms with Gasteiger partial charge in [0.05, 0.1) is 17.7 Å². The highest BCUT2D eigenvalue weighted by Crippen LogP contribution is 2.35. The highest BCUT2D eigenvalue weighted by molar-refractivity contribution is 8.14. The standard InChI is InChI=1S/C24H17F2N3O6S/c25-23(26)35-16-6-4-15(5-7-16)29-22(31)18(11-17-2-1-9-32-17)28-24(29)36-12-21(30)27-14-3-8-19-20(10-14)34-13-33-19/h1-11,23H,12-13H2,(H,27,30). The minimum atomic E-state index is -2.97. The largest absolute Gasteiger partial charge is 0.465 e. The summed E-state index contributed by atoms with van der Waals surface area (Å²) >= 11 is 1.04. The first-order valence-corrected chi connectivity index (χ1v) is 11.5. The summed E-state index contributed by atoms with van der Waals surface area (Å²) in [5.74, 6) is 0.640. The van der Waals surface area contributed by atoms with Crippen LogP contribution in [0.15, 0.2) is 76.0 Å². The van der Waals surface area contributed by atoms with Crippen molar-refractivity contribution in [1.29, 1.82) is 0 Å². The van der Waals surface area contributed by atoms with Crippen molar-refractivity contribution in [3.63, 3.8) is 0 Å². The molecule has 9 nitrogen and oxygen atoms in total. The molecule has 0 unspecified atom stereocenters. The third-order valence-electron chi connectivity index (χ3n) is 4.96. The van der Waals surface area contributed by atoms with Crippen molar-refractivity contribution in [3.8, 4) is 17.2 Å². The molecular weight excluding hydrogens is 496 g/mol. The van der Waals surface area contributed by atoms with Crippen LogP contribution >= 0.6 is 11.8 Å². The highest BCUT2D eigenvalue weighted by atomic mass is 32.2. The van der Waals surface area contributed by atoms with E-state index in [2.05, 4.69) is 15.0 Å². The lowest BCUT2D eigenvalue weighted by Gasteiger charge is -2.18. The normalized spacial score (nSPS) is 15.5. The van der Waals surface area contributed by atoms with Gasteiger partial charge in [-0.15, -0.1) is 0 Å². The average molecular weight is 513 g/mol. The monoisotopic (exact) mass is 513 g/mol. The molecule has 0 fully saturated rings. The van der Waals surface area contributed by atoms with E-state index in [0.717, 1.165) is 11.8 Å². The summed E-state index contributed by atoms with van der Waals surface area (Å²) in [4.78, 5) is 31.4. The second-order valence-electron chi connectivity index (χ2n) is 7.36. The van der Waals surface area contributed by atoms with E-state index in [0.29, 0.717) is 28.6 Å². The molecule has 3 heterocycles. The molecule has 2 aromatic carbocycles. The smallest absolute Gasteiger partial charge is 0.387 e. The number of fused-ring (bicyclic) bond motifs is 1. The topological polar surface area (TPSA) is 103 Å². The maximum Gasteiger partial charge on any atom is 0.387 e. The Labute approximate surface area is 207 Å². The number of halogens is 2. The molecule has 0 saturated heterocycles. The zero-order chi connectivity index (χ0) is 25.1. The lowest BCUT2D eigenvalue weighted by atomic mass is 10.2. The number of anilines is 2. The maximum atomic E-state index is 13.2. The lowest BCUT2D eigenvalue weighted by Crippen LogP contribution is -2.31. The molecule has 2 aliphatic rings. The number of hydrogen-bond acceptors (Lipinski definition) is 8. The van der Waals surface area contributed by atoms with Gasteiger partial charge in [0, 0.05) is 17.8 Å². The van der Waals surface area contributed by atoms with Crippen LogP contribution in [-0.2, 0) is 9.59 Å². The Bertz CT molecular complexity index is 1340. The number of rotatable bonds is 7. The predicted octanol–water partition coefficient (Wildman–Crippen LogP) is 4.73. The number of hydrogen-bond donors (Lipinski definition) is 1. The number of furan rings is 1. The molecule has 184 valence electrons. The molecular formula is C24H17F2N3O6S. The van der Waals surface area contributed by atoms with Crippen LogP contribution in [0.25, 0.3) is 6.08 Å². The summed E-state index contributed by atoms with van der Waals surface area (Å²) in [6, 6.07) is 13.9. The SMILES string of the molecule is O=C(CSC1=NC(=Cc2ccco2)C(=O)N1c1ccc(OC(F)F)cc1)Nc1ccc2c(c1)OCO2. The van der Waals surface area contributed by atoms with Gasteiger partial charge in [0.15, 0.2) is 16.7 Å². The number of nitrogens with zero attached hydrogens (tertiary/aromatic N) is 2. The molecule has 36 heavy (non-hydrogen) atoms. The van der Waals surface area contributed by atoms with Crippen LogP contribution < -0.4 is 24.4 Å². The van der Waals surface area contributed by atoms with Crippen LogP contribution in [0.3, 0.4) is 0 Å². The Morgan fingerprint density at radius 3 is 2.72 bits per heavy atom. The summed E-state index contributed by atoms with van der Waals surface area (Å²) in [6.07, 6.45) is 2.94. The van der Waals surface area contributed by atoms with Gasteiger partial charge >= 0.3 is 6.61 Å². The number of amides is 2. The molecule has 0 aliphatic carbocycles. The summed E-state index contributed by atoms with van der Waals surface area (Å²) in [5, 5.41) is 3.00. The number of amidine groups is 1. The first-order chi connectivity index (χ1) is 17.5. The molecule has 0 bridgehead atoms. The third-order valence-corrected chi connectivity index (χ3v) is 5.90. The van der Waals surface area contributed by atoms with Crippen molar-refractivity contribution in [2.75, 3.05) is 22.8 Å². The zero-order valence-electron chi connectivity index (χ0n) is 18.4. The molecule has 1 N–H and O–H groups in total. The highest BCUT2D eigenvalue weighted by Gasteiger charge is 2.32. The van der Waals surface area contributed by atoms with E-state index in [1.807, 2.05) is 0 Å². The third kappa shape index (κ3) is 5.18. The molecule has 0 atom stereocenters. The van der Waals surface area contributed by atoms with Gasteiger partial charge in [-0.1, -0.05) is 11.8 Å². The second kappa shape index (κ2) is 10.1. The van der Waals surface area contributed by atoms with Crippen molar-refractivity contribution in [3.05, 3.63) is 72.3 Å². The number of nitrogens with one attached hydrogen (secondary N) is 1. The molecule has 0 radical (unpaired) electrons. The van der Waals surface area contributed by atoms with Crippen molar-refractivity contribution >= 4 is 46.2 Å². The molecule has 3 aromatic rings. The fourth-order valence-corrected chi connectivity index (χ4v) is 4.22. The van der Waals surface area contributed by atoms with Gasteiger partial charge in [0.1, 0.15) is 17.2 Å². The van der Waals surface area contributed by atoms with E-state index >= 15 is 0 Å². The van der Waals surface area contributed by atoms with Gasteiger partial charge in [0.25, 0.3) is 5.91 Å². The quantitative estimate of drug-likeness (QED) is 0.456. The summed E-state index contributed by atoms with van der Waals surface area (Å²) < 4.78 is 45.2. The Hall–Kier alpha value is -4.32. The zero-order valence-corrected chi connectivity index (χ0v) is 19.2. The number of aliphatic imine (C=N–C) groups is 1. The molecule has 2 amide bonds. The molecule has 2 aliphatic heterocycles. The molecule has 0 saturated carbocycles. The van der Waals surface area contributed by atoms with Crippen LogP contribution in [0.4, 0.5) is 20.2 Å². The fourth-order valence-electron chi connectivity index (χ4n) is 3.41. The molecule has 0 spiro atoms. The molecule has 5 rings (SSSR count). The number of ether oxygens (including phenoxy) is 3. The van der Waals surface area contributed by atoms with E-state index in [9.17, 15) is 18.4 Å². The van der Waals surface area contributed by atoms with Crippen molar-refractivity contribution in [1.82, 2.24) is 0 Å². The van der Waals surface area contributed by atoms with E-state index < -0.39 is 12.5 Å². The van der Waals surface area contributed by atoms with Crippen LogP contribution in [0, 0.1) is 0 Å². The fraction of sp³-hybridized carbons (Fsp3) is 0.125. The molecule has 12 heteroatoms. The van der Waals surface area contributed by atoms with Gasteiger partial charge in [-0.25, -0.2) is 4.99 Å². The van der Waals surface area contributed by atoms with Gasteiger partial charge in [0.2, 0.25) is 12.7 Å². The van der Waals surface area contributed by atoms with Crippen molar-refractivity contribution in [2.24, 2.45) is 4.99 Å². The Morgan fingerprint density at radius 1 is 1.17 bits per heavy atom. The van der Waals surface area contributed by atoms with Crippen LogP contribution in [0.1, 0.15) is 5.76 Å². The number of thioether (sulfide) groups is 1. The van der Waals surface area contributed by atoms with E-state index in [4.69, 9.17) is 13.9 Å². The van der Waals surface area contributed by atoms with E-state index in [1.54, 1.807) is 30.3 Å². The Balaban J connectivity index is 1.33. The summed E-state index contributed by atoms with van der Waals surface area (Å²) in [5.41, 5.74) is 0.989. The first-order valence-electron chi connectivity index (χ1n) is 10.5. The molecule has 1 aromatic heterocycles. The Kier molecular flexibility index (Phi) is 6.58. The van der Waals surface area contributed by atoms with Crippen LogP contribution in [-0.4, -0.2) is 36.1 Å². The van der Waals surface area contributed by atoms with Gasteiger partial charge < -0.3 is 23.9 Å². The van der Waals surface area contributed by atoms with Crippen molar-refractivity contribution in [2.45, 2.75) is 6.61 Å². The van der Waals surface area contributed by atoms with Gasteiger partial charge in [-0.2, -0.15) is 8.78 Å². The predicted molar refractivity (Wildman–Crippen MR) is 128 cm³/mol. The van der Waals surface area contributed by atoms with Crippen LogP contribution in [0.5, 0.6) is 17.2 Å². The van der Waals surface area contributed by atoms with E-state index in [-0.39, 0.29) is 35.1 Å². The number of carbonyl (C=O) groups excluding carboxylic acids is 2. The maximum absolute atomic E-state index is 13.2. The summed E-state index contributed by atoms with van der Waals surface area (Å²) in [6.45, 7) is -2.85. The van der Waals surface area contributed by atoms with Gasteiger partial charge in [-0.05, 0) is 48.5 Å². The number of alkyl halides is 2. The average Bonchev–Trinajstić information content (AvgIpc) is 3.59. The number of carbonyl (C=O) groups is 2. The van der Waals surface area contributed by atoms with E-state index in [1.165, 1.54) is 41.5 Å². The summed E-state index contributed by atoms with van der Waals surface area (Å²) in [7, 11) is 0. The first kappa shape index (κ1) is 23.4. The van der Waals surface area contributed by atoms with Crippen LogP contribution in [0.2, 0.25) is 0 Å². The number of benzene rings is 2. The minimum Gasteiger partial charge on any atom is -0.465 e. The Morgan fingerprint density at radius 2 is 1.97 bits per heavy atom.